The minimum atomic E-state index is -0.699. The number of rotatable bonds is 4. The number of anilines is 1. The maximum absolute atomic E-state index is 12.0. The summed E-state index contributed by atoms with van der Waals surface area (Å²) in [5.74, 6) is -1.02. The van der Waals surface area contributed by atoms with Gasteiger partial charge in [0, 0.05) is 11.8 Å². The molecule has 2 rings (SSSR count). The Kier molecular flexibility index (Phi) is 4.34. The summed E-state index contributed by atoms with van der Waals surface area (Å²) < 4.78 is 4.89. The van der Waals surface area contributed by atoms with Crippen LogP contribution >= 0.6 is 0 Å². The molecule has 0 atom stereocenters. The van der Waals surface area contributed by atoms with E-state index in [0.717, 1.165) is 17.7 Å². The molecule has 1 amide bonds. The van der Waals surface area contributed by atoms with E-state index in [4.69, 9.17) is 9.68 Å². The highest BCUT2D eigenvalue weighted by Crippen LogP contribution is 2.18. The monoisotopic (exact) mass is 297 g/mol. The maximum atomic E-state index is 12.0. The molecule has 0 unspecified atom stereocenters. The number of nitrogens with zero attached hydrogens (tertiary/aromatic N) is 2. The average Bonchev–Trinajstić information content (AvgIpc) is 2.96. The van der Waals surface area contributed by atoms with Crippen LogP contribution in [0.2, 0.25) is 0 Å². The number of benzene rings is 1. The number of amides is 1. The number of nitriles is 1. The van der Waals surface area contributed by atoms with Crippen LogP contribution in [0.5, 0.6) is 0 Å². The second-order valence-corrected chi connectivity index (χ2v) is 4.42. The molecule has 1 aromatic heterocycles. The van der Waals surface area contributed by atoms with Crippen LogP contribution in [0.4, 0.5) is 11.6 Å². The van der Waals surface area contributed by atoms with E-state index in [1.54, 1.807) is 18.2 Å². The van der Waals surface area contributed by atoms with Crippen molar-refractivity contribution in [2.75, 3.05) is 5.32 Å². The molecule has 110 valence electrons. The fourth-order valence-corrected chi connectivity index (χ4v) is 1.64. The number of aryl methyl sites for hydroxylation is 1. The Hall–Kier alpha value is -3.40. The predicted molar refractivity (Wildman–Crippen MR) is 78.8 cm³/mol. The van der Waals surface area contributed by atoms with E-state index in [-0.39, 0.29) is 11.3 Å². The molecular weight excluding hydrogens is 286 g/mol. The largest absolute Gasteiger partial charge is 0.433 e. The molecule has 1 N–H and O–H groups in total. The minimum absolute atomic E-state index is 0.0577. The smallest absolute Gasteiger partial charge is 0.401 e. The average molecular weight is 297 g/mol. The van der Waals surface area contributed by atoms with Gasteiger partial charge in [-0.15, -0.1) is 0 Å². The third-order valence-electron chi connectivity index (χ3n) is 2.75. The molecule has 22 heavy (non-hydrogen) atoms. The zero-order chi connectivity index (χ0) is 16.1. The Morgan fingerprint density at radius 1 is 1.32 bits per heavy atom. The van der Waals surface area contributed by atoms with Crippen molar-refractivity contribution in [3.8, 4) is 6.07 Å². The minimum Gasteiger partial charge on any atom is -0.401 e. The van der Waals surface area contributed by atoms with Crippen LogP contribution in [0.15, 0.2) is 46.4 Å². The van der Waals surface area contributed by atoms with E-state index < -0.39 is 16.7 Å². The molecule has 0 aliphatic carbocycles. The lowest BCUT2D eigenvalue weighted by molar-refractivity contribution is -0.402. The van der Waals surface area contributed by atoms with Gasteiger partial charge in [0.1, 0.15) is 22.3 Å². The van der Waals surface area contributed by atoms with Gasteiger partial charge in [-0.1, -0.05) is 17.7 Å². The van der Waals surface area contributed by atoms with Crippen LogP contribution in [-0.4, -0.2) is 10.8 Å². The van der Waals surface area contributed by atoms with Gasteiger partial charge in [0.25, 0.3) is 5.91 Å². The molecular formula is C15H11N3O4. The number of furan rings is 1. The van der Waals surface area contributed by atoms with Crippen molar-refractivity contribution in [3.63, 3.8) is 0 Å². The van der Waals surface area contributed by atoms with Crippen LogP contribution in [0.25, 0.3) is 6.08 Å². The predicted octanol–water partition coefficient (Wildman–Crippen LogP) is 3.04. The van der Waals surface area contributed by atoms with Gasteiger partial charge in [-0.25, -0.2) is 0 Å². The summed E-state index contributed by atoms with van der Waals surface area (Å²) in [6.07, 6.45) is 1.15. The summed E-state index contributed by atoms with van der Waals surface area (Å²) in [7, 11) is 0. The SMILES string of the molecule is Cc1ccc(NC(=O)C(C#N)=Cc2ccc([N+](=O)[O-])o2)cc1. The number of nitro groups is 1. The van der Waals surface area contributed by atoms with Gasteiger partial charge >= 0.3 is 5.88 Å². The lowest BCUT2D eigenvalue weighted by atomic mass is 10.2. The third-order valence-corrected chi connectivity index (χ3v) is 2.75. The molecule has 1 heterocycles. The topological polar surface area (TPSA) is 109 Å². The van der Waals surface area contributed by atoms with Crippen LogP contribution in [0, 0.1) is 28.4 Å². The van der Waals surface area contributed by atoms with E-state index in [9.17, 15) is 14.9 Å². The Bertz CT molecular complexity index is 782. The summed E-state index contributed by atoms with van der Waals surface area (Å²) >= 11 is 0. The Balaban J connectivity index is 2.17. The van der Waals surface area contributed by atoms with Gasteiger partial charge < -0.3 is 9.73 Å². The summed E-state index contributed by atoms with van der Waals surface area (Å²) in [5, 5.41) is 22.1. The quantitative estimate of drug-likeness (QED) is 0.403. The van der Waals surface area contributed by atoms with E-state index in [1.165, 1.54) is 6.07 Å². The zero-order valence-electron chi connectivity index (χ0n) is 11.6. The second kappa shape index (κ2) is 6.37. The fourth-order valence-electron chi connectivity index (χ4n) is 1.64. The first-order chi connectivity index (χ1) is 10.5. The molecule has 7 heteroatoms. The third kappa shape index (κ3) is 3.58. The van der Waals surface area contributed by atoms with Crippen molar-refractivity contribution < 1.29 is 14.1 Å². The summed E-state index contributed by atoms with van der Waals surface area (Å²) in [4.78, 5) is 21.8. The highest BCUT2D eigenvalue weighted by atomic mass is 16.6. The standard InChI is InChI=1S/C15H11N3O4/c1-10-2-4-12(5-3-10)17-15(19)11(9-16)8-13-6-7-14(22-13)18(20)21/h2-8H,1H3,(H,17,19). The van der Waals surface area contributed by atoms with Crippen molar-refractivity contribution in [3.05, 3.63) is 63.4 Å². The molecule has 1 aromatic carbocycles. The van der Waals surface area contributed by atoms with E-state index in [2.05, 4.69) is 5.32 Å². The highest BCUT2D eigenvalue weighted by molar-refractivity contribution is 6.09. The maximum Gasteiger partial charge on any atom is 0.433 e. The molecule has 7 nitrogen and oxygen atoms in total. The number of carbonyl (C=O) groups excluding carboxylic acids is 1. The number of hydrogen-bond donors (Lipinski definition) is 1. The van der Waals surface area contributed by atoms with Gasteiger partial charge in [-0.05, 0) is 25.1 Å². The highest BCUT2D eigenvalue weighted by Gasteiger charge is 2.14. The van der Waals surface area contributed by atoms with E-state index >= 15 is 0 Å². The molecule has 0 radical (unpaired) electrons. The molecule has 2 aromatic rings. The van der Waals surface area contributed by atoms with Crippen LogP contribution in [0.3, 0.4) is 0 Å². The molecule has 0 aliphatic rings. The van der Waals surface area contributed by atoms with Gasteiger partial charge in [-0.3, -0.25) is 14.9 Å². The normalized spacial score (nSPS) is 10.8. The lowest BCUT2D eigenvalue weighted by Crippen LogP contribution is -2.13. The first-order valence-corrected chi connectivity index (χ1v) is 6.23. The van der Waals surface area contributed by atoms with Crippen molar-refractivity contribution in [1.82, 2.24) is 0 Å². The van der Waals surface area contributed by atoms with E-state index in [0.29, 0.717) is 5.69 Å². The first kappa shape index (κ1) is 15.0. The molecule has 0 saturated carbocycles. The van der Waals surface area contributed by atoms with Gasteiger partial charge in [-0.2, -0.15) is 5.26 Å². The Morgan fingerprint density at radius 2 is 2.00 bits per heavy atom. The van der Waals surface area contributed by atoms with Gasteiger partial charge in [0.05, 0.1) is 6.07 Å². The first-order valence-electron chi connectivity index (χ1n) is 6.23. The molecule has 0 bridgehead atoms. The van der Waals surface area contributed by atoms with Crippen molar-refractivity contribution >= 4 is 23.6 Å². The Morgan fingerprint density at radius 3 is 2.55 bits per heavy atom. The number of nitrogens with one attached hydrogen (secondary N) is 1. The van der Waals surface area contributed by atoms with Crippen LogP contribution < -0.4 is 5.32 Å². The van der Waals surface area contributed by atoms with E-state index in [1.807, 2.05) is 19.1 Å². The second-order valence-electron chi connectivity index (χ2n) is 4.42. The molecule has 0 fully saturated rings. The van der Waals surface area contributed by atoms with Crippen LogP contribution in [-0.2, 0) is 4.79 Å². The van der Waals surface area contributed by atoms with Gasteiger partial charge in [0.2, 0.25) is 0 Å². The van der Waals surface area contributed by atoms with Crippen molar-refractivity contribution in [2.24, 2.45) is 0 Å². The summed E-state index contributed by atoms with van der Waals surface area (Å²) in [6.45, 7) is 1.91. The van der Waals surface area contributed by atoms with Gasteiger partial charge in [0.15, 0.2) is 0 Å². The van der Waals surface area contributed by atoms with Crippen molar-refractivity contribution in [2.45, 2.75) is 6.92 Å². The van der Waals surface area contributed by atoms with Crippen LogP contribution in [0.1, 0.15) is 11.3 Å². The summed E-state index contributed by atoms with van der Waals surface area (Å²) in [6, 6.07) is 11.3. The summed E-state index contributed by atoms with van der Waals surface area (Å²) in [5.41, 5.74) is 1.36. The molecule has 0 aliphatic heterocycles. The zero-order valence-corrected chi connectivity index (χ0v) is 11.6. The number of carbonyl (C=O) groups is 1. The lowest BCUT2D eigenvalue weighted by Gasteiger charge is -2.04. The molecule has 0 saturated heterocycles. The Labute approximate surface area is 125 Å². The number of hydrogen-bond acceptors (Lipinski definition) is 5. The van der Waals surface area contributed by atoms with Crippen molar-refractivity contribution in [1.29, 1.82) is 5.26 Å². The fraction of sp³-hybridized carbons (Fsp3) is 0.0667. The molecule has 0 spiro atoms.